The van der Waals surface area contributed by atoms with Crippen molar-refractivity contribution in [2.24, 2.45) is 0 Å². The van der Waals surface area contributed by atoms with Gasteiger partial charge >= 0.3 is 0 Å². The van der Waals surface area contributed by atoms with Gasteiger partial charge in [-0.3, -0.25) is 0 Å². The van der Waals surface area contributed by atoms with E-state index < -0.39 is 0 Å². The maximum Gasteiger partial charge on any atom is 0.136 e. The summed E-state index contributed by atoms with van der Waals surface area (Å²) in [4.78, 5) is 0. The summed E-state index contributed by atoms with van der Waals surface area (Å²) < 4.78 is 6.16. The van der Waals surface area contributed by atoms with E-state index in [2.05, 4.69) is 73.7 Å². The van der Waals surface area contributed by atoms with Gasteiger partial charge in [0.25, 0.3) is 0 Å². The zero-order valence-electron chi connectivity index (χ0n) is 17.7. The Morgan fingerprint density at radius 2 is 1.32 bits per heavy atom. The first-order valence-electron chi connectivity index (χ1n) is 11.4. The third-order valence-corrected chi connectivity index (χ3v) is 7.69. The SMILES string of the molecule is Cc1ccc2c(c1)C1(CCCC1)c1cc(-c3ccc4c(c3)oc3ccccc34)ccc1-2. The highest BCUT2D eigenvalue weighted by Gasteiger charge is 2.45. The molecule has 1 aromatic heterocycles. The van der Waals surface area contributed by atoms with Crippen molar-refractivity contribution in [3.63, 3.8) is 0 Å². The predicted molar refractivity (Wildman–Crippen MR) is 129 cm³/mol. The minimum Gasteiger partial charge on any atom is -0.456 e. The van der Waals surface area contributed by atoms with E-state index in [0.717, 1.165) is 11.2 Å². The molecule has 2 aliphatic rings. The highest BCUT2D eigenvalue weighted by molar-refractivity contribution is 6.05. The average molecular weight is 401 g/mol. The summed E-state index contributed by atoms with van der Waals surface area (Å²) in [5.74, 6) is 0. The van der Waals surface area contributed by atoms with Gasteiger partial charge in [0.2, 0.25) is 0 Å². The van der Waals surface area contributed by atoms with Crippen LogP contribution in [-0.2, 0) is 5.41 Å². The van der Waals surface area contributed by atoms with Crippen LogP contribution in [0.4, 0.5) is 0 Å². The number of rotatable bonds is 1. The molecule has 1 nitrogen and oxygen atoms in total. The molecular formula is C30H24O. The minimum atomic E-state index is 0.205. The van der Waals surface area contributed by atoms with Crippen LogP contribution < -0.4 is 0 Å². The van der Waals surface area contributed by atoms with Crippen molar-refractivity contribution < 1.29 is 4.42 Å². The van der Waals surface area contributed by atoms with E-state index in [-0.39, 0.29) is 5.41 Å². The second-order valence-corrected chi connectivity index (χ2v) is 9.41. The fraction of sp³-hybridized carbons (Fsp3) is 0.200. The molecule has 4 aromatic carbocycles. The summed E-state index contributed by atoms with van der Waals surface area (Å²) in [7, 11) is 0. The first-order chi connectivity index (χ1) is 15.2. The molecule has 1 saturated carbocycles. The van der Waals surface area contributed by atoms with Gasteiger partial charge in [0.15, 0.2) is 0 Å². The lowest BCUT2D eigenvalue weighted by Gasteiger charge is -2.27. The maximum atomic E-state index is 6.16. The molecule has 0 atom stereocenters. The molecule has 1 heteroatoms. The van der Waals surface area contributed by atoms with Gasteiger partial charge in [-0.05, 0) is 77.4 Å². The first-order valence-corrected chi connectivity index (χ1v) is 11.4. The largest absolute Gasteiger partial charge is 0.456 e. The van der Waals surface area contributed by atoms with Crippen LogP contribution in [0.15, 0.2) is 83.3 Å². The molecule has 0 radical (unpaired) electrons. The Kier molecular flexibility index (Phi) is 3.42. The number of hydrogen-bond acceptors (Lipinski definition) is 1. The van der Waals surface area contributed by atoms with Crippen LogP contribution >= 0.6 is 0 Å². The first kappa shape index (κ1) is 17.4. The third-order valence-electron chi connectivity index (χ3n) is 7.69. The summed E-state index contributed by atoms with van der Waals surface area (Å²) in [5.41, 5.74) is 12.0. The van der Waals surface area contributed by atoms with Crippen LogP contribution in [0.1, 0.15) is 42.4 Å². The molecule has 0 amide bonds. The van der Waals surface area contributed by atoms with Crippen molar-refractivity contribution in [3.8, 4) is 22.3 Å². The molecule has 1 spiro atoms. The lowest BCUT2D eigenvalue weighted by Crippen LogP contribution is -2.20. The Morgan fingerprint density at radius 1 is 0.645 bits per heavy atom. The molecule has 1 heterocycles. The van der Waals surface area contributed by atoms with Crippen LogP contribution in [0.5, 0.6) is 0 Å². The summed E-state index contributed by atoms with van der Waals surface area (Å²) in [6.07, 6.45) is 5.18. The third kappa shape index (κ3) is 2.32. The van der Waals surface area contributed by atoms with Gasteiger partial charge in [0.1, 0.15) is 11.2 Å². The summed E-state index contributed by atoms with van der Waals surface area (Å²) in [6.45, 7) is 2.22. The highest BCUT2D eigenvalue weighted by atomic mass is 16.3. The summed E-state index contributed by atoms with van der Waals surface area (Å²) >= 11 is 0. The van der Waals surface area contributed by atoms with E-state index in [0.29, 0.717) is 0 Å². The minimum absolute atomic E-state index is 0.205. The summed E-state index contributed by atoms with van der Waals surface area (Å²) in [6, 6.07) is 29.1. The lowest BCUT2D eigenvalue weighted by atomic mass is 9.76. The standard InChI is InChI=1S/C30H24O/c1-19-8-11-22-23-12-9-20(17-27(23)30(26(22)16-19)14-4-5-15-30)21-10-13-25-24-6-2-3-7-28(24)31-29(25)18-21/h2-3,6-13,16-18H,4-5,14-15H2,1H3. The second kappa shape index (κ2) is 6.11. The zero-order chi connectivity index (χ0) is 20.6. The van der Waals surface area contributed by atoms with E-state index >= 15 is 0 Å². The number of furan rings is 1. The molecule has 0 bridgehead atoms. The van der Waals surface area contributed by atoms with Gasteiger partial charge in [0, 0.05) is 16.2 Å². The van der Waals surface area contributed by atoms with Gasteiger partial charge in [-0.1, -0.05) is 73.0 Å². The van der Waals surface area contributed by atoms with Crippen molar-refractivity contribution in [1.82, 2.24) is 0 Å². The number of benzene rings is 4. The van der Waals surface area contributed by atoms with E-state index in [1.165, 1.54) is 69.8 Å². The molecule has 0 saturated heterocycles. The maximum absolute atomic E-state index is 6.16. The topological polar surface area (TPSA) is 13.1 Å². The zero-order valence-corrected chi connectivity index (χ0v) is 17.7. The van der Waals surface area contributed by atoms with Crippen molar-refractivity contribution in [3.05, 3.63) is 95.6 Å². The Bertz CT molecular complexity index is 1490. The smallest absolute Gasteiger partial charge is 0.136 e. The van der Waals surface area contributed by atoms with Crippen molar-refractivity contribution >= 4 is 21.9 Å². The fourth-order valence-corrected chi connectivity index (χ4v) is 6.21. The van der Waals surface area contributed by atoms with Gasteiger partial charge in [0.05, 0.1) is 0 Å². The monoisotopic (exact) mass is 400 g/mol. The van der Waals surface area contributed by atoms with Crippen molar-refractivity contribution in [2.75, 3.05) is 0 Å². The van der Waals surface area contributed by atoms with Gasteiger partial charge < -0.3 is 4.42 Å². The molecule has 7 rings (SSSR count). The molecule has 2 aliphatic carbocycles. The molecule has 0 aliphatic heterocycles. The van der Waals surface area contributed by atoms with E-state index in [1.54, 1.807) is 5.56 Å². The Hall–Kier alpha value is -3.32. The van der Waals surface area contributed by atoms with E-state index in [4.69, 9.17) is 4.42 Å². The highest BCUT2D eigenvalue weighted by Crippen LogP contribution is 2.57. The Balaban J connectivity index is 1.42. The number of fused-ring (bicyclic) bond motifs is 8. The quantitative estimate of drug-likeness (QED) is 0.275. The summed E-state index contributed by atoms with van der Waals surface area (Å²) in [5, 5.41) is 2.38. The van der Waals surface area contributed by atoms with Gasteiger partial charge in [-0.15, -0.1) is 0 Å². The van der Waals surface area contributed by atoms with E-state index in [1.807, 2.05) is 12.1 Å². The molecule has 5 aromatic rings. The molecule has 1 fully saturated rings. The average Bonchev–Trinajstić information content (AvgIpc) is 3.50. The van der Waals surface area contributed by atoms with Crippen LogP contribution in [0.3, 0.4) is 0 Å². The van der Waals surface area contributed by atoms with Gasteiger partial charge in [-0.25, -0.2) is 0 Å². The Labute approximate surface area is 182 Å². The number of aryl methyl sites for hydroxylation is 1. The van der Waals surface area contributed by atoms with Crippen molar-refractivity contribution in [2.45, 2.75) is 38.0 Å². The van der Waals surface area contributed by atoms with Gasteiger partial charge in [-0.2, -0.15) is 0 Å². The molecule has 0 unspecified atom stereocenters. The second-order valence-electron chi connectivity index (χ2n) is 9.41. The predicted octanol–water partition coefficient (Wildman–Crippen LogP) is 8.40. The molecular weight excluding hydrogens is 376 g/mol. The van der Waals surface area contributed by atoms with Crippen molar-refractivity contribution in [1.29, 1.82) is 0 Å². The van der Waals surface area contributed by atoms with E-state index in [9.17, 15) is 0 Å². The number of hydrogen-bond donors (Lipinski definition) is 0. The number of para-hydroxylation sites is 1. The van der Waals surface area contributed by atoms with Crippen LogP contribution in [0, 0.1) is 6.92 Å². The lowest BCUT2D eigenvalue weighted by molar-refractivity contribution is 0.549. The molecule has 150 valence electrons. The fourth-order valence-electron chi connectivity index (χ4n) is 6.21. The van der Waals surface area contributed by atoms with Crippen LogP contribution in [0.2, 0.25) is 0 Å². The van der Waals surface area contributed by atoms with Crippen LogP contribution in [-0.4, -0.2) is 0 Å². The van der Waals surface area contributed by atoms with Crippen LogP contribution in [0.25, 0.3) is 44.2 Å². The molecule has 0 N–H and O–H groups in total. The normalized spacial score (nSPS) is 16.3. The molecule has 31 heavy (non-hydrogen) atoms. The Morgan fingerprint density at radius 3 is 2.19 bits per heavy atom.